The van der Waals surface area contributed by atoms with E-state index in [1.165, 1.54) is 0 Å². The molecule has 1 atom stereocenters. The molecule has 9 aromatic rings. The maximum atomic E-state index is 6.62. The van der Waals surface area contributed by atoms with Crippen molar-refractivity contribution < 1.29 is 9.15 Å². The number of ether oxygens (including phenoxy) is 1. The molecule has 0 saturated carbocycles. The minimum absolute atomic E-state index is 0.267. The predicted molar refractivity (Wildman–Crippen MR) is 192 cm³/mol. The lowest BCUT2D eigenvalue weighted by atomic mass is 9.97. The Morgan fingerprint density at radius 2 is 1.15 bits per heavy atom. The predicted octanol–water partition coefficient (Wildman–Crippen LogP) is 10.6. The summed E-state index contributed by atoms with van der Waals surface area (Å²) >= 11 is 0. The Morgan fingerprint density at radius 3 is 1.98 bits per heavy atom. The lowest BCUT2D eigenvalue weighted by Gasteiger charge is -2.13. The number of nitrogens with one attached hydrogen (secondary N) is 1. The second-order valence-corrected chi connectivity index (χ2v) is 12.0. The molecule has 0 spiro atoms. The van der Waals surface area contributed by atoms with Gasteiger partial charge in [0.2, 0.25) is 0 Å². The summed E-state index contributed by atoms with van der Waals surface area (Å²) in [6, 6.07) is 49.3. The van der Waals surface area contributed by atoms with E-state index < -0.39 is 0 Å². The third-order valence-electron chi connectivity index (χ3n) is 9.16. The van der Waals surface area contributed by atoms with Crippen LogP contribution in [0.3, 0.4) is 0 Å². The molecule has 1 aliphatic heterocycles. The van der Waals surface area contributed by atoms with Gasteiger partial charge in [-0.15, -0.1) is 0 Å². The van der Waals surface area contributed by atoms with Crippen LogP contribution < -0.4 is 10.1 Å². The fourth-order valence-corrected chi connectivity index (χ4v) is 6.92. The average molecular weight is 619 g/mol. The highest BCUT2D eigenvalue weighted by Gasteiger charge is 2.28. The van der Waals surface area contributed by atoms with Gasteiger partial charge in [0.15, 0.2) is 29.5 Å². The van der Waals surface area contributed by atoms with Gasteiger partial charge in [-0.05, 0) is 35.0 Å². The average Bonchev–Trinajstić information content (AvgIpc) is 3.78. The molecule has 3 heterocycles. The number of para-hydroxylation sites is 1. The van der Waals surface area contributed by atoms with Crippen LogP contribution in [0.4, 0.5) is 5.69 Å². The van der Waals surface area contributed by atoms with Gasteiger partial charge in [-0.2, -0.15) is 0 Å². The smallest absolute Gasteiger partial charge is 0.196 e. The second-order valence-electron chi connectivity index (χ2n) is 12.0. The summed E-state index contributed by atoms with van der Waals surface area (Å²) in [5.41, 5.74) is 6.42. The third kappa shape index (κ3) is 4.16. The molecular weight excluding hydrogens is 592 g/mol. The molecule has 2 aromatic heterocycles. The Kier molecular flexibility index (Phi) is 5.84. The Balaban J connectivity index is 1.19. The van der Waals surface area contributed by atoms with E-state index in [0.29, 0.717) is 17.5 Å². The van der Waals surface area contributed by atoms with Crippen LogP contribution in [0.15, 0.2) is 150 Å². The molecule has 0 fully saturated rings. The van der Waals surface area contributed by atoms with Gasteiger partial charge in [0, 0.05) is 43.8 Å². The van der Waals surface area contributed by atoms with Crippen LogP contribution in [0, 0.1) is 0 Å². The zero-order valence-electron chi connectivity index (χ0n) is 25.6. The van der Waals surface area contributed by atoms with Crippen LogP contribution in [0.2, 0.25) is 0 Å². The molecule has 48 heavy (non-hydrogen) atoms. The summed E-state index contributed by atoms with van der Waals surface area (Å²) in [6.45, 7) is 0. The van der Waals surface area contributed by atoms with Crippen molar-refractivity contribution in [3.05, 3.63) is 151 Å². The van der Waals surface area contributed by atoms with E-state index in [2.05, 4.69) is 72.0 Å². The Hall–Kier alpha value is -6.53. The highest BCUT2D eigenvalue weighted by molar-refractivity contribution is 6.18. The normalized spacial score (nSPS) is 14.0. The van der Waals surface area contributed by atoms with Crippen molar-refractivity contribution in [1.29, 1.82) is 0 Å². The largest absolute Gasteiger partial charge is 0.464 e. The highest BCUT2D eigenvalue weighted by atomic mass is 16.5. The van der Waals surface area contributed by atoms with E-state index in [-0.39, 0.29) is 6.23 Å². The van der Waals surface area contributed by atoms with Crippen LogP contribution in [0.25, 0.3) is 77.6 Å². The first-order valence-electron chi connectivity index (χ1n) is 16.0. The van der Waals surface area contributed by atoms with Crippen LogP contribution in [-0.4, -0.2) is 15.0 Å². The standard InChI is InChI=1S/C42H26N4O2/c1-3-12-25(13-4-1)39-44-40(46-41(45-39)32-19-11-21-35-36(32)31-18-9-10-20-34(31)47-35)27-22-23-30-33(24-27)28-16-7-8-17-29(28)37-38(30)48-42(43-37)26-14-5-2-6-15-26/h1-24,42-43H. The van der Waals surface area contributed by atoms with Crippen molar-refractivity contribution in [2.24, 2.45) is 0 Å². The van der Waals surface area contributed by atoms with Gasteiger partial charge in [-0.1, -0.05) is 121 Å². The molecule has 6 nitrogen and oxygen atoms in total. The molecule has 0 saturated heterocycles. The molecule has 0 radical (unpaired) electrons. The van der Waals surface area contributed by atoms with Crippen molar-refractivity contribution in [2.75, 3.05) is 5.32 Å². The van der Waals surface area contributed by atoms with Crippen molar-refractivity contribution in [2.45, 2.75) is 6.23 Å². The SMILES string of the molecule is c1ccc(-c2nc(-c3ccc4c5c(c6ccccc6c4c3)NC(c3ccccc3)O5)nc(-c3cccc4oc5ccccc5c34)n2)cc1. The van der Waals surface area contributed by atoms with Gasteiger partial charge >= 0.3 is 0 Å². The van der Waals surface area contributed by atoms with Crippen molar-refractivity contribution >= 4 is 49.2 Å². The molecule has 0 bridgehead atoms. The topological polar surface area (TPSA) is 73.1 Å². The van der Waals surface area contributed by atoms with E-state index in [1.807, 2.05) is 78.9 Å². The molecule has 10 rings (SSSR count). The zero-order chi connectivity index (χ0) is 31.6. The minimum Gasteiger partial charge on any atom is -0.464 e. The summed E-state index contributed by atoms with van der Waals surface area (Å²) in [5.74, 6) is 2.64. The quantitative estimate of drug-likeness (QED) is 0.198. The first kappa shape index (κ1) is 26.7. The summed E-state index contributed by atoms with van der Waals surface area (Å²) in [7, 11) is 0. The maximum Gasteiger partial charge on any atom is 0.196 e. The third-order valence-corrected chi connectivity index (χ3v) is 9.16. The van der Waals surface area contributed by atoms with E-state index >= 15 is 0 Å². The van der Waals surface area contributed by atoms with Gasteiger partial charge < -0.3 is 14.5 Å². The van der Waals surface area contributed by atoms with Crippen molar-refractivity contribution in [1.82, 2.24) is 15.0 Å². The number of furan rings is 1. The van der Waals surface area contributed by atoms with Gasteiger partial charge in [0.25, 0.3) is 0 Å². The minimum atomic E-state index is -0.267. The number of benzene rings is 7. The molecule has 1 unspecified atom stereocenters. The van der Waals surface area contributed by atoms with Crippen LogP contribution >= 0.6 is 0 Å². The molecule has 0 amide bonds. The number of nitrogens with zero attached hydrogens (tertiary/aromatic N) is 3. The molecule has 7 aromatic carbocycles. The summed E-state index contributed by atoms with van der Waals surface area (Å²) < 4.78 is 12.8. The first-order valence-corrected chi connectivity index (χ1v) is 16.0. The van der Waals surface area contributed by atoms with Crippen LogP contribution in [0.5, 0.6) is 5.75 Å². The second kappa shape index (κ2) is 10.5. The lowest BCUT2D eigenvalue weighted by Crippen LogP contribution is -2.09. The van der Waals surface area contributed by atoms with E-state index in [4.69, 9.17) is 24.1 Å². The monoisotopic (exact) mass is 618 g/mol. The lowest BCUT2D eigenvalue weighted by molar-refractivity contribution is 0.262. The number of fused-ring (bicyclic) bond motifs is 9. The number of rotatable bonds is 4. The van der Waals surface area contributed by atoms with Gasteiger partial charge in [0.1, 0.15) is 11.2 Å². The number of hydrogen-bond donors (Lipinski definition) is 1. The van der Waals surface area contributed by atoms with E-state index in [9.17, 15) is 0 Å². The zero-order valence-corrected chi connectivity index (χ0v) is 25.6. The van der Waals surface area contributed by atoms with Crippen LogP contribution in [-0.2, 0) is 0 Å². The first-order chi connectivity index (χ1) is 23.8. The number of anilines is 1. The van der Waals surface area contributed by atoms with Gasteiger partial charge in [-0.25, -0.2) is 15.0 Å². The molecule has 0 aliphatic carbocycles. The molecule has 1 aliphatic rings. The maximum absolute atomic E-state index is 6.62. The van der Waals surface area contributed by atoms with Crippen molar-refractivity contribution in [3.8, 4) is 39.9 Å². The highest BCUT2D eigenvalue weighted by Crippen LogP contribution is 2.49. The summed E-state index contributed by atoms with van der Waals surface area (Å²) in [4.78, 5) is 15.2. The fourth-order valence-electron chi connectivity index (χ4n) is 6.92. The van der Waals surface area contributed by atoms with Gasteiger partial charge in [0.05, 0.1) is 5.69 Å². The Bertz CT molecular complexity index is 2690. The molecule has 6 heteroatoms. The van der Waals surface area contributed by atoms with E-state index in [1.54, 1.807) is 0 Å². The molecule has 226 valence electrons. The summed E-state index contributed by atoms with van der Waals surface area (Å²) in [6.07, 6.45) is -0.267. The van der Waals surface area contributed by atoms with E-state index in [0.717, 1.165) is 77.2 Å². The number of aromatic nitrogens is 3. The van der Waals surface area contributed by atoms with Crippen LogP contribution in [0.1, 0.15) is 11.8 Å². The molecular formula is C42H26N4O2. The number of hydrogen-bond acceptors (Lipinski definition) is 6. The fraction of sp³-hybridized carbons (Fsp3) is 0.0238. The van der Waals surface area contributed by atoms with Gasteiger partial charge in [-0.3, -0.25) is 0 Å². The van der Waals surface area contributed by atoms with Crippen molar-refractivity contribution in [3.63, 3.8) is 0 Å². The Labute approximate surface area is 275 Å². The molecule has 1 N–H and O–H groups in total. The summed E-state index contributed by atoms with van der Waals surface area (Å²) in [5, 5.41) is 10.0. The Morgan fingerprint density at radius 1 is 0.479 bits per heavy atom.